The predicted molar refractivity (Wildman–Crippen MR) is 120 cm³/mol. The van der Waals surface area contributed by atoms with Crippen LogP contribution in [0.1, 0.15) is 37.8 Å². The first kappa shape index (κ1) is 23.5. The van der Waals surface area contributed by atoms with E-state index in [2.05, 4.69) is 33.9 Å². The van der Waals surface area contributed by atoms with Crippen LogP contribution in [0.3, 0.4) is 0 Å². The Kier molecular flexibility index (Phi) is 6.40. The summed E-state index contributed by atoms with van der Waals surface area (Å²) < 4.78 is 22.8. The number of carbonyl (C=O) groups is 2. The molecule has 170 valence electrons. The highest BCUT2D eigenvalue weighted by Gasteiger charge is 2.63. The first-order chi connectivity index (χ1) is 14.5. The zero-order valence-corrected chi connectivity index (χ0v) is 20.6. The lowest BCUT2D eigenvalue weighted by Crippen LogP contribution is -2.59. The van der Waals surface area contributed by atoms with Gasteiger partial charge in [0, 0.05) is 11.8 Å². The summed E-state index contributed by atoms with van der Waals surface area (Å²) in [6.07, 6.45) is 3.31. The number of carbonyl (C=O) groups excluding carboxylic acids is 2. The molecule has 3 atom stereocenters. The highest BCUT2D eigenvalue weighted by atomic mass is 28.4. The molecule has 1 heterocycles. The van der Waals surface area contributed by atoms with E-state index < -0.39 is 37.7 Å². The average Bonchev–Trinajstić information content (AvgIpc) is 2.74. The van der Waals surface area contributed by atoms with Crippen molar-refractivity contribution in [1.29, 1.82) is 0 Å². The minimum Gasteiger partial charge on any atom is -0.496 e. The minimum atomic E-state index is -2.07. The van der Waals surface area contributed by atoms with Crippen molar-refractivity contribution in [3.8, 4) is 0 Å². The zero-order valence-electron chi connectivity index (χ0n) is 19.6. The van der Waals surface area contributed by atoms with Gasteiger partial charge in [-0.1, -0.05) is 45.0 Å². The second-order valence-corrected chi connectivity index (χ2v) is 14.8. The van der Waals surface area contributed by atoms with Gasteiger partial charge in [0.2, 0.25) is 0 Å². The molecule has 0 aromatic heterocycles. The van der Waals surface area contributed by atoms with Crippen molar-refractivity contribution in [2.75, 3.05) is 20.8 Å². The van der Waals surface area contributed by atoms with Crippen molar-refractivity contribution in [2.24, 2.45) is 11.3 Å². The number of hydrogen-bond donors (Lipinski definition) is 0. The van der Waals surface area contributed by atoms with Crippen molar-refractivity contribution in [3.05, 3.63) is 47.7 Å². The van der Waals surface area contributed by atoms with Gasteiger partial charge in [-0.25, -0.2) is 0 Å². The Morgan fingerprint density at radius 2 is 1.74 bits per heavy atom. The molecule has 7 heteroatoms. The first-order valence-electron chi connectivity index (χ1n) is 10.7. The molecule has 0 amide bonds. The molecular weight excluding hydrogens is 412 g/mol. The van der Waals surface area contributed by atoms with E-state index >= 15 is 0 Å². The summed E-state index contributed by atoms with van der Waals surface area (Å²) in [4.78, 5) is 26.4. The van der Waals surface area contributed by atoms with Gasteiger partial charge >= 0.3 is 11.9 Å². The van der Waals surface area contributed by atoms with Gasteiger partial charge in [-0.05, 0) is 41.8 Å². The number of rotatable bonds is 5. The minimum absolute atomic E-state index is 0.0257. The highest BCUT2D eigenvalue weighted by Crippen LogP contribution is 2.53. The molecule has 6 nitrogen and oxygen atoms in total. The molecule has 0 saturated carbocycles. The van der Waals surface area contributed by atoms with E-state index in [9.17, 15) is 9.59 Å². The molecule has 0 saturated heterocycles. The van der Waals surface area contributed by atoms with E-state index in [1.54, 1.807) is 6.26 Å². The van der Waals surface area contributed by atoms with Gasteiger partial charge in [0.1, 0.15) is 6.10 Å². The molecule has 1 aliphatic carbocycles. The second kappa shape index (κ2) is 8.43. The number of methoxy groups -OCH3 is 2. The van der Waals surface area contributed by atoms with Crippen LogP contribution in [0.15, 0.2) is 36.6 Å². The van der Waals surface area contributed by atoms with Gasteiger partial charge in [0.25, 0.3) is 0 Å². The zero-order chi connectivity index (χ0) is 23.0. The van der Waals surface area contributed by atoms with E-state index in [0.29, 0.717) is 6.61 Å². The summed E-state index contributed by atoms with van der Waals surface area (Å²) in [6, 6.07) is 7.90. The summed E-state index contributed by atoms with van der Waals surface area (Å²) in [5, 5.41) is 0.0257. The molecule has 0 bridgehead atoms. The van der Waals surface area contributed by atoms with Crippen LogP contribution in [0.5, 0.6) is 0 Å². The van der Waals surface area contributed by atoms with E-state index in [-0.39, 0.29) is 17.4 Å². The van der Waals surface area contributed by atoms with Gasteiger partial charge in [0.15, 0.2) is 13.7 Å². The second-order valence-electron chi connectivity index (χ2n) is 9.96. The molecule has 2 aliphatic rings. The fourth-order valence-corrected chi connectivity index (χ4v) is 5.55. The van der Waals surface area contributed by atoms with Crippen molar-refractivity contribution in [2.45, 2.75) is 57.3 Å². The monoisotopic (exact) mass is 446 g/mol. The van der Waals surface area contributed by atoms with Gasteiger partial charge in [-0.2, -0.15) is 0 Å². The smallest absolute Gasteiger partial charge is 0.324 e. The largest absolute Gasteiger partial charge is 0.496 e. The van der Waals surface area contributed by atoms with Crippen LogP contribution >= 0.6 is 0 Å². The SMILES string of the molecule is COC(=O)C1(C(=O)OC)Cc2ccccc2[C@H]2C=CO[C@H](CO[Si](C)(C)C(C)(C)C)[C@H]21. The standard InChI is InChI=1S/C24H34O6Si/c1-23(2,3)31(6,7)30-15-19-20-18(12-13-29-19)17-11-9-8-10-16(17)14-24(20,21(25)27-4)22(26)28-5/h8-13,18-20H,14-15H2,1-7H3/t18-,19-,20+/m1/s1. The maximum Gasteiger partial charge on any atom is 0.324 e. The van der Waals surface area contributed by atoms with E-state index in [1.807, 2.05) is 30.3 Å². The van der Waals surface area contributed by atoms with Gasteiger partial charge in [-0.15, -0.1) is 0 Å². The Balaban J connectivity index is 2.10. The van der Waals surface area contributed by atoms with Crippen LogP contribution in [0, 0.1) is 11.3 Å². The van der Waals surface area contributed by atoms with Crippen molar-refractivity contribution < 1.29 is 28.2 Å². The number of allylic oxidation sites excluding steroid dienone is 1. The maximum atomic E-state index is 13.2. The summed E-state index contributed by atoms with van der Waals surface area (Å²) in [7, 11) is 0.547. The van der Waals surface area contributed by atoms with Crippen LogP contribution in [-0.4, -0.2) is 47.2 Å². The van der Waals surface area contributed by atoms with E-state index in [0.717, 1.165) is 11.1 Å². The van der Waals surface area contributed by atoms with Gasteiger partial charge < -0.3 is 18.6 Å². The number of fused-ring (bicyclic) bond motifs is 3. The molecule has 1 aromatic rings. The molecule has 3 rings (SSSR count). The molecule has 1 aliphatic heterocycles. The highest BCUT2D eigenvalue weighted by molar-refractivity contribution is 6.74. The third-order valence-corrected chi connectivity index (χ3v) is 11.8. The molecule has 0 radical (unpaired) electrons. The summed E-state index contributed by atoms with van der Waals surface area (Å²) in [5.41, 5.74) is 0.525. The Bertz CT molecular complexity index is 853. The van der Waals surface area contributed by atoms with Crippen molar-refractivity contribution in [1.82, 2.24) is 0 Å². The van der Waals surface area contributed by atoms with E-state index in [1.165, 1.54) is 14.2 Å². The molecule has 0 fully saturated rings. The molecule has 0 unspecified atom stereocenters. The molecule has 1 aromatic carbocycles. The Morgan fingerprint density at radius 1 is 1.13 bits per heavy atom. The van der Waals surface area contributed by atoms with E-state index in [4.69, 9.17) is 18.6 Å². The van der Waals surface area contributed by atoms with Crippen molar-refractivity contribution >= 4 is 20.3 Å². The quantitative estimate of drug-likeness (QED) is 0.383. The lowest BCUT2D eigenvalue weighted by Gasteiger charge is -2.49. The van der Waals surface area contributed by atoms with Crippen LogP contribution in [-0.2, 0) is 34.6 Å². The topological polar surface area (TPSA) is 71.1 Å². The van der Waals surface area contributed by atoms with Crippen molar-refractivity contribution in [3.63, 3.8) is 0 Å². The number of ether oxygens (including phenoxy) is 3. The number of benzene rings is 1. The Hall–Kier alpha value is -2.12. The molecule has 0 N–H and O–H groups in total. The molecule has 0 spiro atoms. The van der Waals surface area contributed by atoms with Gasteiger partial charge in [0.05, 0.1) is 27.1 Å². The van der Waals surface area contributed by atoms with Crippen LogP contribution in [0.25, 0.3) is 0 Å². The normalized spacial score (nSPS) is 24.4. The Labute approximate surface area is 186 Å². The molecule has 31 heavy (non-hydrogen) atoms. The van der Waals surface area contributed by atoms with Crippen LogP contribution < -0.4 is 0 Å². The number of esters is 2. The third kappa shape index (κ3) is 3.93. The Morgan fingerprint density at radius 3 is 2.32 bits per heavy atom. The lowest BCUT2D eigenvalue weighted by molar-refractivity contribution is -0.181. The van der Waals surface area contributed by atoms with Crippen LogP contribution in [0.2, 0.25) is 18.1 Å². The number of hydrogen-bond acceptors (Lipinski definition) is 6. The third-order valence-electron chi connectivity index (χ3n) is 7.29. The predicted octanol–water partition coefficient (Wildman–Crippen LogP) is 4.21. The summed E-state index contributed by atoms with van der Waals surface area (Å²) >= 11 is 0. The maximum absolute atomic E-state index is 13.2. The summed E-state index contributed by atoms with van der Waals surface area (Å²) in [5.74, 6) is -1.89. The average molecular weight is 447 g/mol. The summed E-state index contributed by atoms with van der Waals surface area (Å²) in [6.45, 7) is 11.2. The first-order valence-corrected chi connectivity index (χ1v) is 13.6. The van der Waals surface area contributed by atoms with Crippen LogP contribution in [0.4, 0.5) is 0 Å². The fraction of sp³-hybridized carbons (Fsp3) is 0.583. The molecular formula is C24H34O6Si. The fourth-order valence-electron chi connectivity index (χ4n) is 4.54. The lowest BCUT2D eigenvalue weighted by atomic mass is 9.57. The van der Waals surface area contributed by atoms with Gasteiger partial charge in [-0.3, -0.25) is 9.59 Å².